The number of aliphatic hydroxyl groups is 3. The van der Waals surface area contributed by atoms with Crippen molar-refractivity contribution in [3.8, 4) is 0 Å². The molecule has 0 aromatic heterocycles. The normalized spacial score (nSPS) is 18.0. The first-order valence-corrected chi connectivity index (χ1v) is 2.98. The van der Waals surface area contributed by atoms with Gasteiger partial charge in [0.05, 0.1) is 6.10 Å². The Labute approximate surface area is 54.9 Å². The van der Waals surface area contributed by atoms with E-state index < -0.39 is 12.2 Å². The van der Waals surface area contributed by atoms with Gasteiger partial charge < -0.3 is 15.3 Å². The lowest BCUT2D eigenvalue weighted by Crippen LogP contribution is -2.29. The standard InChI is InChI=1S/C6H13O3/c1-3-5(8)6(9)4(2)7/h5-9H,3H2,1-2H3. The van der Waals surface area contributed by atoms with Crippen LogP contribution in [0.25, 0.3) is 0 Å². The van der Waals surface area contributed by atoms with E-state index in [9.17, 15) is 0 Å². The highest BCUT2D eigenvalue weighted by atomic mass is 16.4. The molecule has 3 nitrogen and oxygen atoms in total. The lowest BCUT2D eigenvalue weighted by molar-refractivity contribution is -0.00887. The van der Waals surface area contributed by atoms with Crippen molar-refractivity contribution in [2.75, 3.05) is 0 Å². The molecule has 0 aliphatic carbocycles. The van der Waals surface area contributed by atoms with Crippen LogP contribution < -0.4 is 0 Å². The van der Waals surface area contributed by atoms with Crippen molar-refractivity contribution < 1.29 is 15.3 Å². The van der Waals surface area contributed by atoms with Crippen molar-refractivity contribution in [1.29, 1.82) is 0 Å². The highest BCUT2D eigenvalue weighted by Crippen LogP contribution is 2.07. The molecule has 0 spiro atoms. The van der Waals surface area contributed by atoms with E-state index in [4.69, 9.17) is 15.3 Å². The predicted octanol–water partition coefficient (Wildman–Crippen LogP) is 0.0426. The Bertz CT molecular complexity index is 72.7. The maximum absolute atomic E-state index is 8.87. The molecule has 0 saturated heterocycles. The summed E-state index contributed by atoms with van der Waals surface area (Å²) >= 11 is 0. The predicted molar refractivity (Wildman–Crippen MR) is 33.2 cm³/mol. The summed E-state index contributed by atoms with van der Waals surface area (Å²) in [6.07, 6.45) is -1.62. The lowest BCUT2D eigenvalue weighted by Gasteiger charge is -2.17. The Balaban J connectivity index is 3.58. The van der Waals surface area contributed by atoms with Gasteiger partial charge in [0.2, 0.25) is 0 Å². The molecule has 55 valence electrons. The topological polar surface area (TPSA) is 60.7 Å². The second kappa shape index (κ2) is 3.82. The first-order chi connectivity index (χ1) is 4.09. The van der Waals surface area contributed by atoms with Gasteiger partial charge in [-0.2, -0.15) is 0 Å². The zero-order valence-corrected chi connectivity index (χ0v) is 5.70. The van der Waals surface area contributed by atoms with Gasteiger partial charge >= 0.3 is 0 Å². The fourth-order valence-electron chi connectivity index (χ4n) is 0.502. The molecule has 0 aliphatic heterocycles. The summed E-state index contributed by atoms with van der Waals surface area (Å²) in [7, 11) is 0. The van der Waals surface area contributed by atoms with E-state index in [1.54, 1.807) is 6.92 Å². The average Bonchev–Trinajstić information content (AvgIpc) is 1.84. The zero-order chi connectivity index (χ0) is 7.44. The number of aliphatic hydroxyl groups excluding tert-OH is 3. The van der Waals surface area contributed by atoms with Gasteiger partial charge in [-0.3, -0.25) is 0 Å². The van der Waals surface area contributed by atoms with Gasteiger partial charge in [-0.1, -0.05) is 6.92 Å². The summed E-state index contributed by atoms with van der Waals surface area (Å²) in [5.41, 5.74) is 0. The number of hydrogen-bond acceptors (Lipinski definition) is 3. The Morgan fingerprint density at radius 2 is 1.89 bits per heavy atom. The molecule has 0 amide bonds. The third-order valence-electron chi connectivity index (χ3n) is 1.21. The van der Waals surface area contributed by atoms with Crippen LogP contribution in [-0.2, 0) is 0 Å². The van der Waals surface area contributed by atoms with Crippen LogP contribution >= 0.6 is 0 Å². The molecule has 3 heteroatoms. The van der Waals surface area contributed by atoms with E-state index >= 15 is 0 Å². The molecule has 0 aliphatic rings. The van der Waals surface area contributed by atoms with E-state index in [2.05, 4.69) is 0 Å². The van der Waals surface area contributed by atoms with Gasteiger partial charge in [-0.05, 0) is 13.3 Å². The molecule has 0 heterocycles. The quantitative estimate of drug-likeness (QED) is 0.509. The molecule has 0 aromatic carbocycles. The molecule has 1 radical (unpaired) electrons. The van der Waals surface area contributed by atoms with Crippen molar-refractivity contribution in [2.24, 2.45) is 0 Å². The molecule has 0 rings (SSSR count). The van der Waals surface area contributed by atoms with E-state index in [0.29, 0.717) is 6.42 Å². The van der Waals surface area contributed by atoms with E-state index in [0.717, 1.165) is 0 Å². The second-order valence-electron chi connectivity index (χ2n) is 2.06. The van der Waals surface area contributed by atoms with Crippen LogP contribution in [0.5, 0.6) is 0 Å². The molecule has 0 aromatic rings. The molecule has 0 fully saturated rings. The minimum atomic E-state index is -1.09. The van der Waals surface area contributed by atoms with E-state index in [-0.39, 0.29) is 6.10 Å². The maximum atomic E-state index is 8.87. The van der Waals surface area contributed by atoms with Crippen LogP contribution in [0, 0.1) is 6.10 Å². The Morgan fingerprint density at radius 1 is 1.44 bits per heavy atom. The first-order valence-electron chi connectivity index (χ1n) is 2.98. The van der Waals surface area contributed by atoms with Crippen LogP contribution in [0.2, 0.25) is 0 Å². The van der Waals surface area contributed by atoms with Crippen LogP contribution in [-0.4, -0.2) is 27.5 Å². The molecule has 2 unspecified atom stereocenters. The van der Waals surface area contributed by atoms with Crippen molar-refractivity contribution in [3.63, 3.8) is 0 Å². The molecular weight excluding hydrogens is 120 g/mol. The molecule has 0 saturated carbocycles. The van der Waals surface area contributed by atoms with Gasteiger partial charge in [-0.25, -0.2) is 0 Å². The van der Waals surface area contributed by atoms with Gasteiger partial charge in [0.1, 0.15) is 12.2 Å². The third-order valence-corrected chi connectivity index (χ3v) is 1.21. The first kappa shape index (κ1) is 8.88. The minimum absolute atomic E-state index is 0.135. The van der Waals surface area contributed by atoms with Crippen LogP contribution in [0.15, 0.2) is 0 Å². The molecule has 9 heavy (non-hydrogen) atoms. The lowest BCUT2D eigenvalue weighted by atomic mass is 10.1. The van der Waals surface area contributed by atoms with E-state index in [1.165, 1.54) is 6.92 Å². The van der Waals surface area contributed by atoms with Crippen molar-refractivity contribution >= 4 is 0 Å². The molecular formula is C6H13O3. The van der Waals surface area contributed by atoms with Gasteiger partial charge in [0.25, 0.3) is 0 Å². The highest BCUT2D eigenvalue weighted by Gasteiger charge is 2.19. The molecule has 3 N–H and O–H groups in total. The zero-order valence-electron chi connectivity index (χ0n) is 5.70. The van der Waals surface area contributed by atoms with Gasteiger partial charge in [0.15, 0.2) is 0 Å². The third kappa shape index (κ3) is 2.79. The van der Waals surface area contributed by atoms with Gasteiger partial charge in [0, 0.05) is 0 Å². The van der Waals surface area contributed by atoms with Crippen molar-refractivity contribution in [2.45, 2.75) is 32.5 Å². The summed E-state index contributed by atoms with van der Waals surface area (Å²) in [5, 5.41) is 26.4. The van der Waals surface area contributed by atoms with Crippen LogP contribution in [0.1, 0.15) is 20.3 Å². The molecule has 0 bridgehead atoms. The Morgan fingerprint density at radius 3 is 2.00 bits per heavy atom. The fraction of sp³-hybridized carbons (Fsp3) is 0.833. The van der Waals surface area contributed by atoms with E-state index in [1.807, 2.05) is 0 Å². The summed E-state index contributed by atoms with van der Waals surface area (Å²) in [6, 6.07) is 0. The summed E-state index contributed by atoms with van der Waals surface area (Å²) < 4.78 is 0. The minimum Gasteiger partial charge on any atom is -0.390 e. The molecule has 2 atom stereocenters. The maximum Gasteiger partial charge on any atom is 0.121 e. The fourth-order valence-corrected chi connectivity index (χ4v) is 0.502. The van der Waals surface area contributed by atoms with Crippen LogP contribution in [0.3, 0.4) is 0 Å². The number of hydrogen-bond donors (Lipinski definition) is 3. The SMILES string of the molecule is CCC(O)C(O)[C](C)O. The Hall–Kier alpha value is -0.120. The van der Waals surface area contributed by atoms with Crippen molar-refractivity contribution in [3.05, 3.63) is 6.10 Å². The average molecular weight is 133 g/mol. The monoisotopic (exact) mass is 133 g/mol. The smallest absolute Gasteiger partial charge is 0.121 e. The van der Waals surface area contributed by atoms with Crippen LogP contribution in [0.4, 0.5) is 0 Å². The largest absolute Gasteiger partial charge is 0.390 e. The highest BCUT2D eigenvalue weighted by molar-refractivity contribution is 4.84. The summed E-state index contributed by atoms with van der Waals surface area (Å²) in [6.45, 7) is 3.10. The Kier molecular flexibility index (Phi) is 3.77. The summed E-state index contributed by atoms with van der Waals surface area (Å²) in [5.74, 6) is 0. The number of rotatable bonds is 3. The second-order valence-corrected chi connectivity index (χ2v) is 2.06. The van der Waals surface area contributed by atoms with Gasteiger partial charge in [-0.15, -0.1) is 0 Å². The summed E-state index contributed by atoms with van der Waals surface area (Å²) in [4.78, 5) is 0. The van der Waals surface area contributed by atoms with Crippen molar-refractivity contribution in [1.82, 2.24) is 0 Å².